The molecule has 3 amide bonds. The Bertz CT molecular complexity index is 883. The van der Waals surface area contributed by atoms with Gasteiger partial charge in [-0.2, -0.15) is 0 Å². The van der Waals surface area contributed by atoms with E-state index in [0.717, 1.165) is 11.3 Å². The van der Waals surface area contributed by atoms with E-state index in [4.69, 9.17) is 4.42 Å². The maximum absolute atomic E-state index is 12.5. The van der Waals surface area contributed by atoms with Gasteiger partial charge in [0, 0.05) is 7.05 Å². The van der Waals surface area contributed by atoms with Crippen molar-refractivity contribution in [2.45, 2.75) is 16.1 Å². The molecule has 0 spiro atoms. The summed E-state index contributed by atoms with van der Waals surface area (Å²) in [4.78, 5) is 24.1. The van der Waals surface area contributed by atoms with Crippen LogP contribution in [0.5, 0.6) is 0 Å². The molecule has 0 aliphatic rings. The summed E-state index contributed by atoms with van der Waals surface area (Å²) >= 11 is 2.56. The Morgan fingerprint density at radius 2 is 2.00 bits per heavy atom. The van der Waals surface area contributed by atoms with Gasteiger partial charge < -0.3 is 15.1 Å². The number of furan rings is 1. The molecule has 3 aromatic rings. The van der Waals surface area contributed by atoms with Gasteiger partial charge in [-0.05, 0) is 17.7 Å². The summed E-state index contributed by atoms with van der Waals surface area (Å²) in [7, 11) is 1.45. The van der Waals surface area contributed by atoms with Crippen molar-refractivity contribution in [3.05, 3.63) is 60.1 Å². The van der Waals surface area contributed by atoms with Crippen LogP contribution in [0.4, 0.5) is 9.93 Å². The molecule has 27 heavy (non-hydrogen) atoms. The van der Waals surface area contributed by atoms with Gasteiger partial charge in [0.15, 0.2) is 4.34 Å². The van der Waals surface area contributed by atoms with E-state index in [1.807, 2.05) is 42.5 Å². The molecule has 0 aliphatic heterocycles. The van der Waals surface area contributed by atoms with E-state index < -0.39 is 17.2 Å². The lowest BCUT2D eigenvalue weighted by molar-refractivity contribution is -0.119. The highest BCUT2D eigenvalue weighted by atomic mass is 32.2. The minimum absolute atomic E-state index is 0.425. The minimum Gasteiger partial charge on any atom is -0.467 e. The number of aromatic nitrogens is 2. The number of benzene rings is 1. The number of imide groups is 1. The predicted octanol–water partition coefficient (Wildman–Crippen LogP) is 3.03. The smallest absolute Gasteiger partial charge is 0.321 e. The summed E-state index contributed by atoms with van der Waals surface area (Å²) in [6.07, 6.45) is 1.61. The Hall–Kier alpha value is -2.85. The van der Waals surface area contributed by atoms with Crippen molar-refractivity contribution in [1.82, 2.24) is 20.8 Å². The van der Waals surface area contributed by atoms with Crippen molar-refractivity contribution in [2.75, 3.05) is 12.4 Å². The van der Waals surface area contributed by atoms with E-state index in [0.29, 0.717) is 16.0 Å². The van der Waals surface area contributed by atoms with E-state index in [9.17, 15) is 9.59 Å². The molecule has 8 nitrogen and oxygen atoms in total. The molecule has 0 aliphatic carbocycles. The van der Waals surface area contributed by atoms with Crippen LogP contribution in [0.15, 0.2) is 57.5 Å². The molecule has 3 N–H and O–H groups in total. The first kappa shape index (κ1) is 18.9. The first-order valence-electron chi connectivity index (χ1n) is 7.99. The van der Waals surface area contributed by atoms with Gasteiger partial charge in [0.05, 0.1) is 12.8 Å². The third-order valence-corrected chi connectivity index (χ3v) is 5.64. The van der Waals surface area contributed by atoms with E-state index in [1.165, 1.54) is 30.1 Å². The first-order valence-corrected chi connectivity index (χ1v) is 9.69. The fourth-order valence-electron chi connectivity index (χ4n) is 2.15. The molecule has 1 aromatic carbocycles. The van der Waals surface area contributed by atoms with Gasteiger partial charge in [-0.15, -0.1) is 10.2 Å². The monoisotopic (exact) mass is 403 g/mol. The number of nitrogens with one attached hydrogen (secondary N) is 3. The lowest BCUT2D eigenvalue weighted by Gasteiger charge is -2.14. The van der Waals surface area contributed by atoms with Crippen molar-refractivity contribution in [2.24, 2.45) is 0 Å². The highest BCUT2D eigenvalue weighted by Crippen LogP contribution is 2.38. The number of rotatable bonds is 7. The second kappa shape index (κ2) is 9.19. The zero-order valence-electron chi connectivity index (χ0n) is 14.3. The van der Waals surface area contributed by atoms with E-state index >= 15 is 0 Å². The predicted molar refractivity (Wildman–Crippen MR) is 104 cm³/mol. The fraction of sp³-hybridized carbons (Fsp3) is 0.176. The maximum atomic E-state index is 12.5. The van der Waals surface area contributed by atoms with Gasteiger partial charge in [0.1, 0.15) is 11.0 Å². The molecule has 0 radical (unpaired) electrons. The number of nitrogens with zero attached hydrogens (tertiary/aromatic N) is 2. The van der Waals surface area contributed by atoms with E-state index in [-0.39, 0.29) is 0 Å². The number of thioether (sulfide) groups is 1. The molecular weight excluding hydrogens is 386 g/mol. The molecule has 140 valence electrons. The third-order valence-electron chi connectivity index (χ3n) is 3.42. The number of hydrogen-bond donors (Lipinski definition) is 3. The zero-order valence-corrected chi connectivity index (χ0v) is 16.0. The van der Waals surface area contributed by atoms with Gasteiger partial charge in [0.25, 0.3) is 0 Å². The van der Waals surface area contributed by atoms with Crippen molar-refractivity contribution < 1.29 is 14.0 Å². The Balaban J connectivity index is 1.70. The zero-order chi connectivity index (χ0) is 19.1. The van der Waals surface area contributed by atoms with E-state index in [2.05, 4.69) is 26.1 Å². The van der Waals surface area contributed by atoms with Crippen LogP contribution in [0.25, 0.3) is 0 Å². The lowest BCUT2D eigenvalue weighted by atomic mass is 10.1. The van der Waals surface area contributed by atoms with Crippen LogP contribution in [-0.4, -0.2) is 29.2 Å². The summed E-state index contributed by atoms with van der Waals surface area (Å²) in [5.74, 6) is 0.359. The number of amides is 3. The van der Waals surface area contributed by atoms with Crippen LogP contribution in [0.1, 0.15) is 16.6 Å². The molecule has 0 fully saturated rings. The molecule has 0 unspecified atom stereocenters. The molecule has 10 heteroatoms. The number of carbonyl (C=O) groups is 2. The summed E-state index contributed by atoms with van der Waals surface area (Å²) in [5.41, 5.74) is 0.768. The highest BCUT2D eigenvalue weighted by Gasteiger charge is 2.25. The number of carbonyl (C=O) groups excluding carboxylic acids is 2. The minimum atomic E-state index is -0.630. The van der Waals surface area contributed by atoms with Gasteiger partial charge in [-0.3, -0.25) is 10.1 Å². The van der Waals surface area contributed by atoms with Gasteiger partial charge >= 0.3 is 6.03 Å². The second-order valence-corrected chi connectivity index (χ2v) is 7.61. The number of hydrogen-bond acceptors (Lipinski definition) is 8. The Morgan fingerprint density at radius 1 is 1.19 bits per heavy atom. The van der Waals surface area contributed by atoms with Crippen LogP contribution in [-0.2, 0) is 11.3 Å². The second-order valence-electron chi connectivity index (χ2n) is 5.28. The number of anilines is 1. The summed E-state index contributed by atoms with van der Waals surface area (Å²) in [6, 6.07) is 12.3. The van der Waals surface area contributed by atoms with Crippen LogP contribution >= 0.6 is 23.1 Å². The SMILES string of the molecule is CNC(=O)NC(=O)[C@H](Sc1nnc(NCc2ccco2)s1)c1ccccc1. The Kier molecular flexibility index (Phi) is 6.44. The van der Waals surface area contributed by atoms with Gasteiger partial charge in [-0.25, -0.2) is 4.79 Å². The van der Waals surface area contributed by atoms with Gasteiger partial charge in [-0.1, -0.05) is 53.4 Å². The highest BCUT2D eigenvalue weighted by molar-refractivity contribution is 8.01. The average molecular weight is 403 g/mol. The lowest BCUT2D eigenvalue weighted by Crippen LogP contribution is -2.39. The molecule has 0 saturated heterocycles. The van der Waals surface area contributed by atoms with Crippen LogP contribution in [0.2, 0.25) is 0 Å². The van der Waals surface area contributed by atoms with Gasteiger partial charge in [0.2, 0.25) is 11.0 Å². The van der Waals surface area contributed by atoms with Crippen LogP contribution < -0.4 is 16.0 Å². The third kappa shape index (κ3) is 5.31. The topological polar surface area (TPSA) is 109 Å². The normalized spacial score (nSPS) is 11.6. The van der Waals surface area contributed by atoms with Crippen molar-refractivity contribution >= 4 is 40.2 Å². The molecule has 2 heterocycles. The Morgan fingerprint density at radius 3 is 2.70 bits per heavy atom. The number of urea groups is 1. The van der Waals surface area contributed by atoms with Crippen molar-refractivity contribution in [3.63, 3.8) is 0 Å². The van der Waals surface area contributed by atoms with E-state index in [1.54, 1.807) is 6.26 Å². The molecule has 3 rings (SSSR count). The van der Waals surface area contributed by atoms with Crippen molar-refractivity contribution in [3.8, 4) is 0 Å². The Labute approximate surface area is 163 Å². The first-order chi connectivity index (χ1) is 13.2. The van der Waals surface area contributed by atoms with Crippen LogP contribution in [0.3, 0.4) is 0 Å². The average Bonchev–Trinajstić information content (AvgIpc) is 3.36. The quantitative estimate of drug-likeness (QED) is 0.520. The fourth-order valence-corrected chi connectivity index (χ4v) is 4.09. The molecule has 1 atom stereocenters. The maximum Gasteiger partial charge on any atom is 0.321 e. The molecular formula is C17H17N5O3S2. The molecule has 0 bridgehead atoms. The van der Waals surface area contributed by atoms with Crippen LogP contribution in [0, 0.1) is 0 Å². The standard InChI is InChI=1S/C17H17N5O3S2/c1-18-15(24)20-14(23)13(11-6-3-2-4-7-11)26-17-22-21-16(27-17)19-10-12-8-5-9-25-12/h2-9,13H,10H2,1H3,(H,19,21)(H2,18,20,23,24)/t13-/m1/s1. The summed E-state index contributed by atoms with van der Waals surface area (Å²) in [5, 5.41) is 16.0. The summed E-state index contributed by atoms with van der Waals surface area (Å²) in [6.45, 7) is 0.492. The molecule has 0 saturated carbocycles. The largest absolute Gasteiger partial charge is 0.467 e. The van der Waals surface area contributed by atoms with Crippen molar-refractivity contribution in [1.29, 1.82) is 0 Å². The summed E-state index contributed by atoms with van der Waals surface area (Å²) < 4.78 is 5.87. The molecule has 2 aromatic heterocycles.